The van der Waals surface area contributed by atoms with Crippen molar-refractivity contribution in [3.63, 3.8) is 0 Å². The fraction of sp³-hybridized carbons (Fsp3) is 0.429. The zero-order valence-electron chi connectivity index (χ0n) is 16.0. The van der Waals surface area contributed by atoms with Gasteiger partial charge in [0.1, 0.15) is 0 Å². The number of methoxy groups -OCH3 is 3. The molecule has 0 saturated heterocycles. The van der Waals surface area contributed by atoms with E-state index in [4.69, 9.17) is 23.7 Å². The average Bonchev–Trinajstić information content (AvgIpc) is 3.18. The van der Waals surface area contributed by atoms with Crippen LogP contribution in [0.2, 0.25) is 0 Å². The SMILES string of the molecule is COc1cc2c(cc1OC)-c1c3c(c(OC)c4c1[C@H](C2)N(C)CC4)OCO3. The molecule has 142 valence electrons. The molecule has 0 fully saturated rings. The van der Waals surface area contributed by atoms with Crippen LogP contribution in [0.3, 0.4) is 0 Å². The highest BCUT2D eigenvalue weighted by atomic mass is 16.7. The lowest BCUT2D eigenvalue weighted by molar-refractivity contribution is 0.171. The van der Waals surface area contributed by atoms with Gasteiger partial charge in [0.25, 0.3) is 0 Å². The minimum absolute atomic E-state index is 0.213. The van der Waals surface area contributed by atoms with Crippen LogP contribution in [0, 0.1) is 0 Å². The van der Waals surface area contributed by atoms with Crippen LogP contribution >= 0.6 is 0 Å². The van der Waals surface area contributed by atoms with Gasteiger partial charge in [-0.3, -0.25) is 4.90 Å². The molecule has 0 unspecified atom stereocenters. The Hall–Kier alpha value is -2.60. The highest BCUT2D eigenvalue weighted by Gasteiger charge is 2.41. The van der Waals surface area contributed by atoms with Gasteiger partial charge < -0.3 is 23.7 Å². The van der Waals surface area contributed by atoms with E-state index in [0.717, 1.165) is 59.3 Å². The Labute approximate surface area is 158 Å². The number of hydrogen-bond donors (Lipinski definition) is 0. The van der Waals surface area contributed by atoms with Crippen LogP contribution in [-0.2, 0) is 12.8 Å². The predicted octanol–water partition coefficient (Wildman–Crippen LogP) is 3.19. The molecule has 0 bridgehead atoms. The van der Waals surface area contributed by atoms with Gasteiger partial charge in [0.05, 0.1) is 21.3 Å². The van der Waals surface area contributed by atoms with E-state index in [1.54, 1.807) is 21.3 Å². The Morgan fingerprint density at radius 3 is 2.48 bits per heavy atom. The van der Waals surface area contributed by atoms with Crippen molar-refractivity contribution >= 4 is 0 Å². The van der Waals surface area contributed by atoms with Gasteiger partial charge in [0.15, 0.2) is 23.0 Å². The second-order valence-electron chi connectivity index (χ2n) is 7.18. The van der Waals surface area contributed by atoms with Crippen LogP contribution in [0.4, 0.5) is 0 Å². The molecule has 3 aliphatic rings. The molecule has 6 nitrogen and oxygen atoms in total. The second kappa shape index (κ2) is 5.96. The molecule has 2 aliphatic heterocycles. The quantitative estimate of drug-likeness (QED) is 0.828. The molecule has 1 atom stereocenters. The van der Waals surface area contributed by atoms with Crippen molar-refractivity contribution in [2.75, 3.05) is 41.7 Å². The number of fused-ring (bicyclic) bond motifs is 4. The zero-order valence-corrected chi connectivity index (χ0v) is 16.0. The van der Waals surface area contributed by atoms with Crippen molar-refractivity contribution in [3.8, 4) is 39.9 Å². The first-order chi connectivity index (χ1) is 13.2. The van der Waals surface area contributed by atoms with Crippen LogP contribution in [0.15, 0.2) is 12.1 Å². The summed E-state index contributed by atoms with van der Waals surface area (Å²) in [6.45, 7) is 1.19. The molecule has 27 heavy (non-hydrogen) atoms. The highest BCUT2D eigenvalue weighted by molar-refractivity contribution is 5.87. The van der Waals surface area contributed by atoms with Crippen molar-refractivity contribution in [1.82, 2.24) is 4.90 Å². The van der Waals surface area contributed by atoms with Crippen LogP contribution in [-0.4, -0.2) is 46.6 Å². The van der Waals surface area contributed by atoms with Crippen LogP contribution < -0.4 is 23.7 Å². The molecule has 0 N–H and O–H groups in total. The first kappa shape index (κ1) is 16.6. The molecule has 0 aromatic heterocycles. The van der Waals surface area contributed by atoms with Crippen molar-refractivity contribution in [1.29, 1.82) is 0 Å². The highest BCUT2D eigenvalue weighted by Crippen LogP contribution is 2.59. The Bertz CT molecular complexity index is 939. The maximum Gasteiger partial charge on any atom is 0.231 e. The molecule has 0 spiro atoms. The van der Waals surface area contributed by atoms with Gasteiger partial charge in [0, 0.05) is 23.7 Å². The van der Waals surface area contributed by atoms with E-state index in [1.807, 2.05) is 0 Å². The van der Waals surface area contributed by atoms with Gasteiger partial charge in [-0.15, -0.1) is 0 Å². The third-order valence-electron chi connectivity index (χ3n) is 5.99. The maximum absolute atomic E-state index is 5.94. The van der Waals surface area contributed by atoms with E-state index in [1.165, 1.54) is 16.7 Å². The number of benzene rings is 2. The molecule has 1 aliphatic carbocycles. The van der Waals surface area contributed by atoms with E-state index in [0.29, 0.717) is 0 Å². The Morgan fingerprint density at radius 2 is 1.74 bits per heavy atom. The summed E-state index contributed by atoms with van der Waals surface area (Å²) in [6.07, 6.45) is 1.84. The van der Waals surface area contributed by atoms with Gasteiger partial charge in [-0.2, -0.15) is 0 Å². The Balaban J connectivity index is 1.86. The lowest BCUT2D eigenvalue weighted by atomic mass is 9.76. The third kappa shape index (κ3) is 2.16. The van der Waals surface area contributed by atoms with Gasteiger partial charge in [-0.1, -0.05) is 0 Å². The normalized spacial score (nSPS) is 19.3. The van der Waals surface area contributed by atoms with Crippen LogP contribution in [0.1, 0.15) is 22.7 Å². The van der Waals surface area contributed by atoms with Crippen molar-refractivity contribution in [3.05, 3.63) is 28.8 Å². The second-order valence-corrected chi connectivity index (χ2v) is 7.18. The van der Waals surface area contributed by atoms with Crippen molar-refractivity contribution in [2.24, 2.45) is 0 Å². The van der Waals surface area contributed by atoms with E-state index < -0.39 is 0 Å². The fourth-order valence-corrected chi connectivity index (χ4v) is 4.72. The number of ether oxygens (including phenoxy) is 5. The summed E-state index contributed by atoms with van der Waals surface area (Å²) in [4.78, 5) is 2.41. The molecule has 5 rings (SSSR count). The predicted molar refractivity (Wildman–Crippen MR) is 100 cm³/mol. The minimum Gasteiger partial charge on any atom is -0.493 e. The molecule has 6 heteroatoms. The monoisotopic (exact) mass is 369 g/mol. The first-order valence-corrected chi connectivity index (χ1v) is 9.15. The number of rotatable bonds is 3. The standard InChI is InChI=1S/C21H23NO5/c1-22-6-5-12-17-14(22)7-11-8-15(23-2)16(24-3)9-13(11)18(17)20-21(19(12)25-4)27-10-26-20/h8-9,14H,5-7,10H2,1-4H3/t14-/m0/s1. The molecule has 2 aromatic rings. The summed E-state index contributed by atoms with van der Waals surface area (Å²) in [5.74, 6) is 3.79. The molecule has 2 aromatic carbocycles. The Kier molecular flexibility index (Phi) is 3.65. The summed E-state index contributed by atoms with van der Waals surface area (Å²) in [5, 5.41) is 0. The van der Waals surface area contributed by atoms with Crippen molar-refractivity contribution < 1.29 is 23.7 Å². The van der Waals surface area contributed by atoms with Gasteiger partial charge in [-0.25, -0.2) is 0 Å². The maximum atomic E-state index is 5.94. The minimum atomic E-state index is 0.213. The summed E-state index contributed by atoms with van der Waals surface area (Å²) >= 11 is 0. The number of hydrogen-bond acceptors (Lipinski definition) is 6. The van der Waals surface area contributed by atoms with E-state index in [2.05, 4.69) is 24.1 Å². The molecular weight excluding hydrogens is 346 g/mol. The lowest BCUT2D eigenvalue weighted by Gasteiger charge is -2.40. The summed E-state index contributed by atoms with van der Waals surface area (Å²) in [6, 6.07) is 4.42. The van der Waals surface area contributed by atoms with Crippen LogP contribution in [0.5, 0.6) is 28.7 Å². The molecule has 0 amide bonds. The zero-order chi connectivity index (χ0) is 18.7. The van der Waals surface area contributed by atoms with E-state index in [-0.39, 0.29) is 12.8 Å². The van der Waals surface area contributed by atoms with Gasteiger partial charge in [-0.05, 0) is 48.7 Å². The topological polar surface area (TPSA) is 49.4 Å². The fourth-order valence-electron chi connectivity index (χ4n) is 4.72. The smallest absolute Gasteiger partial charge is 0.231 e. The number of nitrogens with zero attached hydrogens (tertiary/aromatic N) is 1. The summed E-state index contributed by atoms with van der Waals surface area (Å²) in [7, 11) is 7.22. The third-order valence-corrected chi connectivity index (χ3v) is 5.99. The summed E-state index contributed by atoms with van der Waals surface area (Å²) in [5.41, 5.74) is 5.99. The largest absolute Gasteiger partial charge is 0.493 e. The molecule has 0 saturated carbocycles. The van der Waals surface area contributed by atoms with Gasteiger partial charge in [0.2, 0.25) is 12.5 Å². The molecule has 2 heterocycles. The van der Waals surface area contributed by atoms with E-state index in [9.17, 15) is 0 Å². The summed E-state index contributed by atoms with van der Waals surface area (Å²) < 4.78 is 28.6. The Morgan fingerprint density at radius 1 is 1.00 bits per heavy atom. The number of likely N-dealkylation sites (N-methyl/N-ethyl adjacent to an activating group) is 1. The lowest BCUT2D eigenvalue weighted by Crippen LogP contribution is -2.35. The average molecular weight is 369 g/mol. The van der Waals surface area contributed by atoms with E-state index >= 15 is 0 Å². The molecule has 0 radical (unpaired) electrons. The first-order valence-electron chi connectivity index (χ1n) is 9.15. The van der Waals surface area contributed by atoms with Gasteiger partial charge >= 0.3 is 0 Å². The molecular formula is C21H23NO5. The van der Waals surface area contributed by atoms with Crippen LogP contribution in [0.25, 0.3) is 11.1 Å². The van der Waals surface area contributed by atoms with Crippen molar-refractivity contribution in [2.45, 2.75) is 18.9 Å².